The van der Waals surface area contributed by atoms with Gasteiger partial charge in [-0.2, -0.15) is 5.26 Å². The molecular weight excluding hydrogens is 366 g/mol. The maximum atomic E-state index is 11.5. The van der Waals surface area contributed by atoms with Crippen LogP contribution >= 0.6 is 0 Å². The van der Waals surface area contributed by atoms with Crippen LogP contribution in [0.5, 0.6) is 0 Å². The van der Waals surface area contributed by atoms with Gasteiger partial charge in [0.05, 0.1) is 32.9 Å². The van der Waals surface area contributed by atoms with E-state index in [0.29, 0.717) is 11.4 Å². The molecule has 2 rings (SSSR count). The van der Waals surface area contributed by atoms with Crippen molar-refractivity contribution < 1.29 is 14.6 Å². The molecule has 10 heteroatoms. The van der Waals surface area contributed by atoms with Crippen molar-refractivity contribution in [2.75, 3.05) is 10.6 Å². The SMILES string of the molecule is CCCc1ccc(Nc2c(C#N)cc([N+](=O)[O-])cc2[N+](=O)[O-])c(NC(C)=O)c1. The van der Waals surface area contributed by atoms with Crippen LogP contribution in [0, 0.1) is 31.6 Å². The van der Waals surface area contributed by atoms with E-state index in [1.54, 1.807) is 24.3 Å². The number of carbonyl (C=O) groups is 1. The van der Waals surface area contributed by atoms with Crippen molar-refractivity contribution in [3.05, 3.63) is 61.7 Å². The standard InChI is InChI=1S/C18H17N5O5/c1-3-4-12-5-6-15(16(7-12)20-11(2)24)21-18-13(10-19)8-14(22(25)26)9-17(18)23(27)28/h5-9,21H,3-4H2,1-2H3,(H,20,24). The molecule has 0 aliphatic rings. The maximum absolute atomic E-state index is 11.5. The average Bonchev–Trinajstić information content (AvgIpc) is 2.63. The molecule has 0 aliphatic carbocycles. The lowest BCUT2D eigenvalue weighted by Crippen LogP contribution is -2.09. The van der Waals surface area contributed by atoms with Crippen molar-refractivity contribution in [2.45, 2.75) is 26.7 Å². The Bertz CT molecular complexity index is 997. The molecule has 144 valence electrons. The van der Waals surface area contributed by atoms with Gasteiger partial charge in [-0.05, 0) is 24.1 Å². The minimum absolute atomic E-state index is 0.187. The monoisotopic (exact) mass is 383 g/mol. The number of non-ortho nitro benzene ring substituents is 1. The first-order chi connectivity index (χ1) is 13.3. The highest BCUT2D eigenvalue weighted by Gasteiger charge is 2.25. The summed E-state index contributed by atoms with van der Waals surface area (Å²) in [7, 11) is 0. The lowest BCUT2D eigenvalue weighted by Gasteiger charge is -2.15. The summed E-state index contributed by atoms with van der Waals surface area (Å²) in [6.45, 7) is 3.33. The molecule has 0 fully saturated rings. The smallest absolute Gasteiger partial charge is 0.300 e. The second kappa shape index (κ2) is 8.59. The van der Waals surface area contributed by atoms with Gasteiger partial charge in [-0.1, -0.05) is 19.4 Å². The van der Waals surface area contributed by atoms with Crippen LogP contribution < -0.4 is 10.6 Å². The largest absolute Gasteiger partial charge is 0.347 e. The van der Waals surface area contributed by atoms with E-state index in [1.807, 2.05) is 6.92 Å². The van der Waals surface area contributed by atoms with E-state index in [1.165, 1.54) is 6.92 Å². The highest BCUT2D eigenvalue weighted by molar-refractivity contribution is 5.94. The Morgan fingerprint density at radius 2 is 1.86 bits per heavy atom. The molecular formula is C18H17N5O5. The zero-order valence-corrected chi connectivity index (χ0v) is 15.2. The summed E-state index contributed by atoms with van der Waals surface area (Å²) in [6.07, 6.45) is 1.66. The molecule has 2 aromatic carbocycles. The zero-order chi connectivity index (χ0) is 20.8. The second-order valence-electron chi connectivity index (χ2n) is 5.95. The van der Waals surface area contributed by atoms with E-state index >= 15 is 0 Å². The molecule has 2 aromatic rings. The number of hydrogen-bond acceptors (Lipinski definition) is 7. The van der Waals surface area contributed by atoms with E-state index in [9.17, 15) is 30.3 Å². The summed E-state index contributed by atoms with van der Waals surface area (Å²) in [4.78, 5) is 32.3. The third-order valence-corrected chi connectivity index (χ3v) is 3.82. The number of aryl methyl sites for hydroxylation is 1. The quantitative estimate of drug-likeness (QED) is 0.541. The van der Waals surface area contributed by atoms with Gasteiger partial charge < -0.3 is 10.6 Å². The Morgan fingerprint density at radius 1 is 1.14 bits per heavy atom. The van der Waals surface area contributed by atoms with Crippen molar-refractivity contribution in [1.29, 1.82) is 5.26 Å². The number of nitrogens with zero attached hydrogens (tertiary/aromatic N) is 3. The molecule has 0 aliphatic heterocycles. The van der Waals surface area contributed by atoms with Gasteiger partial charge in [0.1, 0.15) is 11.8 Å². The topological polar surface area (TPSA) is 151 Å². The summed E-state index contributed by atoms with van der Waals surface area (Å²) in [6, 6.07) is 8.63. The molecule has 0 spiro atoms. The number of anilines is 3. The number of nitrogens with one attached hydrogen (secondary N) is 2. The number of nitro groups is 2. The maximum Gasteiger partial charge on any atom is 0.300 e. The first kappa shape index (κ1) is 20.3. The Kier molecular flexibility index (Phi) is 6.23. The molecule has 0 saturated carbocycles. The molecule has 2 N–H and O–H groups in total. The highest BCUT2D eigenvalue weighted by atomic mass is 16.6. The van der Waals surface area contributed by atoms with Gasteiger partial charge in [-0.25, -0.2) is 0 Å². The summed E-state index contributed by atoms with van der Waals surface area (Å²) in [5, 5.41) is 37.2. The number of nitro benzene ring substituents is 2. The zero-order valence-electron chi connectivity index (χ0n) is 15.2. The predicted octanol–water partition coefficient (Wildman–Crippen LogP) is 4.03. The second-order valence-corrected chi connectivity index (χ2v) is 5.95. The number of amides is 1. The lowest BCUT2D eigenvalue weighted by molar-refractivity contribution is -0.393. The van der Waals surface area contributed by atoms with Crippen LogP contribution in [0.4, 0.5) is 28.4 Å². The number of carbonyl (C=O) groups excluding carboxylic acids is 1. The normalized spacial score (nSPS) is 10.0. The lowest BCUT2D eigenvalue weighted by atomic mass is 10.1. The van der Waals surface area contributed by atoms with Crippen LogP contribution in [0.15, 0.2) is 30.3 Å². The summed E-state index contributed by atoms with van der Waals surface area (Å²) in [5.74, 6) is -0.338. The Hall–Kier alpha value is -4.00. The minimum Gasteiger partial charge on any atom is -0.347 e. The van der Waals surface area contributed by atoms with E-state index in [2.05, 4.69) is 10.6 Å². The van der Waals surface area contributed by atoms with Gasteiger partial charge in [-0.3, -0.25) is 25.0 Å². The highest BCUT2D eigenvalue weighted by Crippen LogP contribution is 2.37. The molecule has 10 nitrogen and oxygen atoms in total. The first-order valence-corrected chi connectivity index (χ1v) is 8.31. The number of rotatable bonds is 7. The van der Waals surface area contributed by atoms with Gasteiger partial charge in [0.25, 0.3) is 5.69 Å². The van der Waals surface area contributed by atoms with Gasteiger partial charge in [0.15, 0.2) is 0 Å². The predicted molar refractivity (Wildman–Crippen MR) is 102 cm³/mol. The van der Waals surface area contributed by atoms with E-state index in [0.717, 1.165) is 30.5 Å². The molecule has 0 bridgehead atoms. The van der Waals surface area contributed by atoms with Crippen molar-refractivity contribution >= 4 is 34.3 Å². The van der Waals surface area contributed by atoms with E-state index < -0.39 is 21.2 Å². The Balaban J connectivity index is 2.61. The molecule has 0 aromatic heterocycles. The van der Waals surface area contributed by atoms with Crippen LogP contribution in [0.25, 0.3) is 0 Å². The number of benzene rings is 2. The fraction of sp³-hybridized carbons (Fsp3) is 0.222. The van der Waals surface area contributed by atoms with E-state index in [4.69, 9.17) is 0 Å². The molecule has 28 heavy (non-hydrogen) atoms. The summed E-state index contributed by atoms with van der Waals surface area (Å²) >= 11 is 0. The van der Waals surface area contributed by atoms with Crippen LogP contribution in [0.3, 0.4) is 0 Å². The van der Waals surface area contributed by atoms with Crippen LogP contribution in [-0.2, 0) is 11.2 Å². The number of hydrogen-bond donors (Lipinski definition) is 2. The molecule has 0 saturated heterocycles. The van der Waals surface area contributed by atoms with Gasteiger partial charge >= 0.3 is 5.69 Å². The molecule has 1 amide bonds. The van der Waals surface area contributed by atoms with Crippen molar-refractivity contribution in [3.8, 4) is 6.07 Å². The van der Waals surface area contributed by atoms with Crippen molar-refractivity contribution in [2.24, 2.45) is 0 Å². The number of nitriles is 1. The van der Waals surface area contributed by atoms with Crippen LogP contribution in [0.2, 0.25) is 0 Å². The molecule has 0 unspecified atom stereocenters. The van der Waals surface area contributed by atoms with E-state index in [-0.39, 0.29) is 17.2 Å². The fourth-order valence-electron chi connectivity index (χ4n) is 2.65. The fourth-order valence-corrected chi connectivity index (χ4v) is 2.65. The Morgan fingerprint density at radius 3 is 2.39 bits per heavy atom. The summed E-state index contributed by atoms with van der Waals surface area (Å²) in [5.41, 5.74) is 0.0422. The minimum atomic E-state index is -0.806. The molecule has 0 heterocycles. The molecule has 0 atom stereocenters. The Labute approximate surface area is 160 Å². The van der Waals surface area contributed by atoms with Crippen molar-refractivity contribution in [1.82, 2.24) is 0 Å². The average molecular weight is 383 g/mol. The summed E-state index contributed by atoms with van der Waals surface area (Å²) < 4.78 is 0. The van der Waals surface area contributed by atoms with Gasteiger partial charge in [0, 0.05) is 13.0 Å². The van der Waals surface area contributed by atoms with Crippen LogP contribution in [-0.4, -0.2) is 15.8 Å². The van der Waals surface area contributed by atoms with Gasteiger partial charge in [0.2, 0.25) is 5.91 Å². The third-order valence-electron chi connectivity index (χ3n) is 3.82. The third kappa shape index (κ3) is 4.59. The molecule has 0 radical (unpaired) electrons. The van der Waals surface area contributed by atoms with Crippen LogP contribution in [0.1, 0.15) is 31.4 Å². The first-order valence-electron chi connectivity index (χ1n) is 8.31. The van der Waals surface area contributed by atoms with Crippen molar-refractivity contribution in [3.63, 3.8) is 0 Å². The van der Waals surface area contributed by atoms with Gasteiger partial charge in [-0.15, -0.1) is 0 Å².